The highest BCUT2D eigenvalue weighted by molar-refractivity contribution is 5.92. The standard InChI is InChI=1S/C22H30N2O4/c1-14(2)24(15(3)4)22(25)11-9-18-8-10-20(21(12-18)26-7)27-13-19-16(5)23-28-17(19)6/h8-12,14-15H,13H2,1-7H3/b11-9+. The molecule has 6 nitrogen and oxygen atoms in total. The molecule has 0 saturated carbocycles. The summed E-state index contributed by atoms with van der Waals surface area (Å²) >= 11 is 0. The van der Waals surface area contributed by atoms with Crippen LogP contribution in [0.3, 0.4) is 0 Å². The van der Waals surface area contributed by atoms with Crippen molar-refractivity contribution in [2.45, 2.75) is 60.2 Å². The lowest BCUT2D eigenvalue weighted by atomic mass is 10.1. The average Bonchev–Trinajstić information content (AvgIpc) is 2.95. The summed E-state index contributed by atoms with van der Waals surface area (Å²) in [5.41, 5.74) is 2.61. The van der Waals surface area contributed by atoms with Gasteiger partial charge in [0.25, 0.3) is 0 Å². The predicted molar refractivity (Wildman–Crippen MR) is 109 cm³/mol. The number of aryl methyl sites for hydroxylation is 2. The van der Waals surface area contributed by atoms with E-state index in [0.29, 0.717) is 18.1 Å². The van der Waals surface area contributed by atoms with Crippen LogP contribution in [0.2, 0.25) is 0 Å². The number of ether oxygens (including phenoxy) is 2. The van der Waals surface area contributed by atoms with E-state index in [9.17, 15) is 4.79 Å². The summed E-state index contributed by atoms with van der Waals surface area (Å²) in [5.74, 6) is 1.96. The maximum absolute atomic E-state index is 12.5. The number of amides is 1. The monoisotopic (exact) mass is 386 g/mol. The van der Waals surface area contributed by atoms with E-state index in [-0.39, 0.29) is 18.0 Å². The van der Waals surface area contributed by atoms with Crippen LogP contribution < -0.4 is 9.47 Å². The van der Waals surface area contributed by atoms with E-state index < -0.39 is 0 Å². The molecule has 0 aliphatic rings. The van der Waals surface area contributed by atoms with Crippen LogP contribution in [0, 0.1) is 13.8 Å². The summed E-state index contributed by atoms with van der Waals surface area (Å²) < 4.78 is 16.5. The minimum atomic E-state index is -0.0114. The van der Waals surface area contributed by atoms with Gasteiger partial charge in [-0.15, -0.1) is 0 Å². The predicted octanol–water partition coefficient (Wildman–Crippen LogP) is 4.54. The molecule has 0 unspecified atom stereocenters. The Labute approximate surface area is 167 Å². The van der Waals surface area contributed by atoms with Crippen LogP contribution in [0.15, 0.2) is 28.8 Å². The zero-order valence-corrected chi connectivity index (χ0v) is 17.8. The van der Waals surface area contributed by atoms with Gasteiger partial charge in [-0.2, -0.15) is 0 Å². The van der Waals surface area contributed by atoms with Crippen LogP contribution in [0.4, 0.5) is 0 Å². The summed E-state index contributed by atoms with van der Waals surface area (Å²) in [6.07, 6.45) is 3.39. The first-order chi connectivity index (χ1) is 13.2. The highest BCUT2D eigenvalue weighted by atomic mass is 16.5. The van der Waals surface area contributed by atoms with Crippen molar-refractivity contribution in [3.63, 3.8) is 0 Å². The number of benzene rings is 1. The maximum atomic E-state index is 12.5. The molecular formula is C22H30N2O4. The van der Waals surface area contributed by atoms with Crippen LogP contribution in [0.1, 0.15) is 50.3 Å². The van der Waals surface area contributed by atoms with Crippen molar-refractivity contribution in [2.75, 3.05) is 7.11 Å². The first-order valence-corrected chi connectivity index (χ1v) is 9.47. The Balaban J connectivity index is 2.13. The van der Waals surface area contributed by atoms with Gasteiger partial charge >= 0.3 is 0 Å². The van der Waals surface area contributed by atoms with E-state index in [1.165, 1.54) is 0 Å². The second kappa shape index (κ2) is 9.44. The topological polar surface area (TPSA) is 64.8 Å². The van der Waals surface area contributed by atoms with Crippen molar-refractivity contribution in [3.8, 4) is 11.5 Å². The van der Waals surface area contributed by atoms with Gasteiger partial charge in [-0.1, -0.05) is 11.2 Å². The zero-order chi connectivity index (χ0) is 20.8. The molecule has 0 spiro atoms. The largest absolute Gasteiger partial charge is 0.493 e. The molecule has 1 aromatic carbocycles. The first kappa shape index (κ1) is 21.5. The quantitative estimate of drug-likeness (QED) is 0.623. The summed E-state index contributed by atoms with van der Waals surface area (Å²) in [4.78, 5) is 14.3. The number of carbonyl (C=O) groups excluding carboxylic acids is 1. The lowest BCUT2D eigenvalue weighted by Gasteiger charge is -2.29. The minimum Gasteiger partial charge on any atom is -0.493 e. The first-order valence-electron chi connectivity index (χ1n) is 9.47. The zero-order valence-electron chi connectivity index (χ0n) is 17.8. The van der Waals surface area contributed by atoms with E-state index in [1.807, 2.05) is 64.6 Å². The number of nitrogens with zero attached hydrogens (tertiary/aromatic N) is 2. The smallest absolute Gasteiger partial charge is 0.247 e. The van der Waals surface area contributed by atoms with Crippen molar-refractivity contribution < 1.29 is 18.8 Å². The van der Waals surface area contributed by atoms with Crippen molar-refractivity contribution in [1.82, 2.24) is 10.1 Å². The molecule has 0 atom stereocenters. The highest BCUT2D eigenvalue weighted by Crippen LogP contribution is 2.30. The van der Waals surface area contributed by atoms with Crippen molar-refractivity contribution in [3.05, 3.63) is 46.9 Å². The van der Waals surface area contributed by atoms with Gasteiger partial charge in [0.2, 0.25) is 5.91 Å². The van der Waals surface area contributed by atoms with Crippen LogP contribution in [-0.2, 0) is 11.4 Å². The van der Waals surface area contributed by atoms with Crippen LogP contribution in [0.25, 0.3) is 6.08 Å². The van der Waals surface area contributed by atoms with Gasteiger partial charge in [-0.05, 0) is 65.3 Å². The summed E-state index contributed by atoms with van der Waals surface area (Å²) in [7, 11) is 1.59. The number of carbonyl (C=O) groups is 1. The minimum absolute atomic E-state index is 0.0114. The molecule has 0 radical (unpaired) electrons. The van der Waals surface area contributed by atoms with Crippen LogP contribution in [-0.4, -0.2) is 35.2 Å². The van der Waals surface area contributed by atoms with Gasteiger partial charge < -0.3 is 18.9 Å². The number of rotatable bonds is 8. The highest BCUT2D eigenvalue weighted by Gasteiger charge is 2.17. The molecule has 0 bridgehead atoms. The van der Waals surface area contributed by atoms with Gasteiger partial charge in [0.15, 0.2) is 11.5 Å². The van der Waals surface area contributed by atoms with Crippen molar-refractivity contribution in [1.29, 1.82) is 0 Å². The number of aromatic nitrogens is 1. The van der Waals surface area contributed by atoms with E-state index in [0.717, 1.165) is 22.6 Å². The van der Waals surface area contributed by atoms with Crippen LogP contribution >= 0.6 is 0 Å². The van der Waals surface area contributed by atoms with Crippen LogP contribution in [0.5, 0.6) is 11.5 Å². The third kappa shape index (κ3) is 5.15. The molecule has 0 saturated heterocycles. The molecule has 152 valence electrons. The number of hydrogen-bond donors (Lipinski definition) is 0. The Morgan fingerprint density at radius 2 is 1.86 bits per heavy atom. The molecule has 1 heterocycles. The fourth-order valence-corrected chi connectivity index (χ4v) is 3.12. The lowest BCUT2D eigenvalue weighted by molar-refractivity contribution is -0.129. The van der Waals surface area contributed by atoms with Gasteiger partial charge in [0.1, 0.15) is 12.4 Å². The normalized spacial score (nSPS) is 11.5. The van der Waals surface area contributed by atoms with Crippen molar-refractivity contribution >= 4 is 12.0 Å². The summed E-state index contributed by atoms with van der Waals surface area (Å²) in [5, 5.41) is 3.93. The van der Waals surface area contributed by atoms with Gasteiger partial charge in [-0.3, -0.25) is 4.79 Å². The van der Waals surface area contributed by atoms with Gasteiger partial charge in [0, 0.05) is 18.2 Å². The molecular weight excluding hydrogens is 356 g/mol. The molecule has 0 fully saturated rings. The number of hydrogen-bond acceptors (Lipinski definition) is 5. The molecule has 0 aliphatic heterocycles. The van der Waals surface area contributed by atoms with Gasteiger partial charge in [-0.25, -0.2) is 0 Å². The molecule has 2 aromatic rings. The molecule has 0 aliphatic carbocycles. The van der Waals surface area contributed by atoms with E-state index in [4.69, 9.17) is 14.0 Å². The van der Waals surface area contributed by atoms with Crippen molar-refractivity contribution in [2.24, 2.45) is 0 Å². The Kier molecular flexibility index (Phi) is 7.26. The lowest BCUT2D eigenvalue weighted by Crippen LogP contribution is -2.41. The average molecular weight is 386 g/mol. The molecule has 1 aromatic heterocycles. The second-order valence-corrected chi connectivity index (χ2v) is 7.27. The summed E-state index contributed by atoms with van der Waals surface area (Å²) in [6.45, 7) is 12.1. The molecule has 28 heavy (non-hydrogen) atoms. The molecule has 6 heteroatoms. The number of methoxy groups -OCH3 is 1. The maximum Gasteiger partial charge on any atom is 0.247 e. The Morgan fingerprint density at radius 1 is 1.18 bits per heavy atom. The molecule has 1 amide bonds. The third-order valence-electron chi connectivity index (χ3n) is 4.53. The van der Waals surface area contributed by atoms with Gasteiger partial charge in [0.05, 0.1) is 18.4 Å². The molecule has 0 N–H and O–H groups in total. The fraction of sp³-hybridized carbons (Fsp3) is 0.455. The Morgan fingerprint density at radius 3 is 2.39 bits per heavy atom. The third-order valence-corrected chi connectivity index (χ3v) is 4.53. The Hall–Kier alpha value is -2.76. The SMILES string of the molecule is COc1cc(/C=C/C(=O)N(C(C)C)C(C)C)ccc1OCc1c(C)noc1C. The Bertz CT molecular complexity index is 810. The van der Waals surface area contributed by atoms with E-state index >= 15 is 0 Å². The fourth-order valence-electron chi connectivity index (χ4n) is 3.12. The summed E-state index contributed by atoms with van der Waals surface area (Å²) in [6, 6.07) is 5.87. The molecule has 2 rings (SSSR count). The van der Waals surface area contributed by atoms with E-state index in [2.05, 4.69) is 5.16 Å². The second-order valence-electron chi connectivity index (χ2n) is 7.27. The van der Waals surface area contributed by atoms with E-state index in [1.54, 1.807) is 19.3 Å².